The standard InChI is InChI=1S/C8H17NO2/c1-7(6-8(10)11)4-2-3-5-9/h7H,2-6,9H2,1H3,(H,10,11)/t7-/m1/s1. The second kappa shape index (κ2) is 6.16. The fourth-order valence-electron chi connectivity index (χ4n) is 1.04. The van der Waals surface area contributed by atoms with Gasteiger partial charge in [0.15, 0.2) is 0 Å². The van der Waals surface area contributed by atoms with E-state index in [2.05, 4.69) is 0 Å². The van der Waals surface area contributed by atoms with Crippen LogP contribution in [0.25, 0.3) is 0 Å². The molecule has 0 aromatic rings. The largest absolute Gasteiger partial charge is 0.481 e. The molecule has 0 radical (unpaired) electrons. The smallest absolute Gasteiger partial charge is 0.303 e. The Kier molecular flexibility index (Phi) is 5.84. The van der Waals surface area contributed by atoms with E-state index in [0.717, 1.165) is 19.3 Å². The van der Waals surface area contributed by atoms with E-state index < -0.39 is 5.97 Å². The van der Waals surface area contributed by atoms with Crippen molar-refractivity contribution in [1.82, 2.24) is 0 Å². The monoisotopic (exact) mass is 159 g/mol. The van der Waals surface area contributed by atoms with Crippen molar-refractivity contribution in [2.45, 2.75) is 32.6 Å². The molecule has 0 saturated heterocycles. The quantitative estimate of drug-likeness (QED) is 0.573. The highest BCUT2D eigenvalue weighted by molar-refractivity contribution is 5.66. The lowest BCUT2D eigenvalue weighted by atomic mass is 10.0. The van der Waals surface area contributed by atoms with Gasteiger partial charge >= 0.3 is 5.97 Å². The van der Waals surface area contributed by atoms with Gasteiger partial charge in [-0.05, 0) is 18.9 Å². The van der Waals surface area contributed by atoms with Crippen molar-refractivity contribution in [3.05, 3.63) is 0 Å². The number of aliphatic carboxylic acids is 1. The van der Waals surface area contributed by atoms with Crippen LogP contribution < -0.4 is 5.73 Å². The molecule has 0 aliphatic heterocycles. The maximum absolute atomic E-state index is 10.2. The molecule has 0 saturated carbocycles. The average molecular weight is 159 g/mol. The zero-order valence-corrected chi connectivity index (χ0v) is 7.05. The Labute approximate surface area is 67.6 Å². The van der Waals surface area contributed by atoms with Gasteiger partial charge in [-0.1, -0.05) is 19.8 Å². The van der Waals surface area contributed by atoms with Crippen LogP contribution in [0.15, 0.2) is 0 Å². The molecule has 11 heavy (non-hydrogen) atoms. The molecule has 0 aliphatic rings. The maximum Gasteiger partial charge on any atom is 0.303 e. The Balaban J connectivity index is 3.22. The fourth-order valence-corrected chi connectivity index (χ4v) is 1.04. The number of unbranched alkanes of at least 4 members (excludes halogenated alkanes) is 1. The summed E-state index contributed by atoms with van der Waals surface area (Å²) >= 11 is 0. The number of hydrogen-bond donors (Lipinski definition) is 2. The van der Waals surface area contributed by atoms with E-state index in [1.807, 2.05) is 6.92 Å². The lowest BCUT2D eigenvalue weighted by Gasteiger charge is -2.06. The van der Waals surface area contributed by atoms with Gasteiger partial charge in [0.25, 0.3) is 0 Å². The Bertz CT molecular complexity index is 115. The molecular weight excluding hydrogens is 142 g/mol. The third-order valence-electron chi connectivity index (χ3n) is 1.67. The molecule has 0 rings (SSSR count). The van der Waals surface area contributed by atoms with Crippen LogP contribution >= 0.6 is 0 Å². The maximum atomic E-state index is 10.2. The summed E-state index contributed by atoms with van der Waals surface area (Å²) in [7, 11) is 0. The summed E-state index contributed by atoms with van der Waals surface area (Å²) < 4.78 is 0. The highest BCUT2D eigenvalue weighted by Crippen LogP contribution is 2.10. The van der Waals surface area contributed by atoms with Crippen LogP contribution in [0.5, 0.6) is 0 Å². The first-order chi connectivity index (χ1) is 5.16. The molecule has 3 N–H and O–H groups in total. The summed E-state index contributed by atoms with van der Waals surface area (Å²) in [5.41, 5.74) is 5.30. The average Bonchev–Trinajstić information content (AvgIpc) is 1.86. The molecule has 0 fully saturated rings. The first-order valence-corrected chi connectivity index (χ1v) is 4.08. The minimum atomic E-state index is -0.703. The molecule has 0 aliphatic carbocycles. The highest BCUT2D eigenvalue weighted by atomic mass is 16.4. The third-order valence-corrected chi connectivity index (χ3v) is 1.67. The fraction of sp³-hybridized carbons (Fsp3) is 0.875. The van der Waals surface area contributed by atoms with Crippen molar-refractivity contribution in [2.24, 2.45) is 11.7 Å². The second-order valence-corrected chi connectivity index (χ2v) is 2.99. The van der Waals surface area contributed by atoms with Gasteiger partial charge in [0.2, 0.25) is 0 Å². The SMILES string of the molecule is C[C@H](CCCCN)CC(=O)O. The summed E-state index contributed by atoms with van der Waals surface area (Å²) in [6.45, 7) is 2.67. The Hall–Kier alpha value is -0.570. The van der Waals surface area contributed by atoms with Crippen molar-refractivity contribution in [3.63, 3.8) is 0 Å². The van der Waals surface area contributed by atoms with E-state index in [-0.39, 0.29) is 6.42 Å². The van der Waals surface area contributed by atoms with Crippen molar-refractivity contribution in [2.75, 3.05) is 6.54 Å². The summed E-state index contributed by atoms with van der Waals surface area (Å²) in [6.07, 6.45) is 3.31. The number of carboxylic acid groups (broad SMARTS) is 1. The van der Waals surface area contributed by atoms with E-state index in [4.69, 9.17) is 10.8 Å². The van der Waals surface area contributed by atoms with Gasteiger partial charge in [-0.25, -0.2) is 0 Å². The Morgan fingerprint density at radius 2 is 2.18 bits per heavy atom. The van der Waals surface area contributed by atoms with Crippen LogP contribution in [-0.2, 0) is 4.79 Å². The molecule has 3 heteroatoms. The van der Waals surface area contributed by atoms with Crippen molar-refractivity contribution >= 4 is 5.97 Å². The van der Waals surface area contributed by atoms with Crippen LogP contribution in [0, 0.1) is 5.92 Å². The van der Waals surface area contributed by atoms with E-state index in [0.29, 0.717) is 12.5 Å². The minimum Gasteiger partial charge on any atom is -0.481 e. The van der Waals surface area contributed by atoms with E-state index in [1.165, 1.54) is 0 Å². The lowest BCUT2D eigenvalue weighted by Crippen LogP contribution is -2.05. The summed E-state index contributed by atoms with van der Waals surface area (Å²) in [4.78, 5) is 10.2. The van der Waals surface area contributed by atoms with Gasteiger partial charge in [-0.2, -0.15) is 0 Å². The van der Waals surface area contributed by atoms with Gasteiger partial charge in [-0.3, -0.25) is 4.79 Å². The predicted molar refractivity (Wildman–Crippen MR) is 44.3 cm³/mol. The summed E-state index contributed by atoms with van der Waals surface area (Å²) in [6, 6.07) is 0. The van der Waals surface area contributed by atoms with Crippen LogP contribution in [-0.4, -0.2) is 17.6 Å². The molecule has 1 atom stereocenters. The molecule has 3 nitrogen and oxygen atoms in total. The molecular formula is C8H17NO2. The van der Waals surface area contributed by atoms with Gasteiger partial charge < -0.3 is 10.8 Å². The predicted octanol–water partition coefficient (Wildman–Crippen LogP) is 1.23. The van der Waals surface area contributed by atoms with Gasteiger partial charge in [0, 0.05) is 6.42 Å². The van der Waals surface area contributed by atoms with Crippen molar-refractivity contribution in [1.29, 1.82) is 0 Å². The first-order valence-electron chi connectivity index (χ1n) is 4.08. The Morgan fingerprint density at radius 3 is 2.64 bits per heavy atom. The van der Waals surface area contributed by atoms with Crippen molar-refractivity contribution in [3.8, 4) is 0 Å². The molecule has 0 aromatic carbocycles. The zero-order valence-electron chi connectivity index (χ0n) is 7.05. The number of nitrogens with two attached hydrogens (primary N) is 1. The molecule has 0 unspecified atom stereocenters. The molecule has 0 bridgehead atoms. The van der Waals surface area contributed by atoms with Crippen LogP contribution in [0.1, 0.15) is 32.6 Å². The number of hydrogen-bond acceptors (Lipinski definition) is 2. The normalized spacial score (nSPS) is 12.9. The van der Waals surface area contributed by atoms with Crippen molar-refractivity contribution < 1.29 is 9.90 Å². The van der Waals surface area contributed by atoms with Gasteiger partial charge in [0.05, 0.1) is 0 Å². The molecule has 0 heterocycles. The number of rotatable bonds is 6. The number of carbonyl (C=O) groups is 1. The summed E-state index contributed by atoms with van der Waals surface area (Å²) in [5, 5.41) is 8.42. The van der Waals surface area contributed by atoms with Gasteiger partial charge in [-0.15, -0.1) is 0 Å². The van der Waals surface area contributed by atoms with E-state index >= 15 is 0 Å². The zero-order chi connectivity index (χ0) is 8.69. The topological polar surface area (TPSA) is 63.3 Å². The summed E-state index contributed by atoms with van der Waals surface area (Å²) in [5.74, 6) is -0.413. The van der Waals surface area contributed by atoms with E-state index in [1.54, 1.807) is 0 Å². The first kappa shape index (κ1) is 10.4. The molecule has 66 valence electrons. The third kappa shape index (κ3) is 7.33. The Morgan fingerprint density at radius 1 is 1.55 bits per heavy atom. The lowest BCUT2D eigenvalue weighted by molar-refractivity contribution is -0.138. The van der Waals surface area contributed by atoms with Gasteiger partial charge in [0.1, 0.15) is 0 Å². The van der Waals surface area contributed by atoms with Crippen LogP contribution in [0.2, 0.25) is 0 Å². The highest BCUT2D eigenvalue weighted by Gasteiger charge is 2.05. The van der Waals surface area contributed by atoms with E-state index in [9.17, 15) is 4.79 Å². The van der Waals surface area contributed by atoms with Crippen LogP contribution in [0.3, 0.4) is 0 Å². The second-order valence-electron chi connectivity index (χ2n) is 2.99. The van der Waals surface area contributed by atoms with Crippen LogP contribution in [0.4, 0.5) is 0 Å². The minimum absolute atomic E-state index is 0.282. The number of carboxylic acids is 1. The molecule has 0 aromatic heterocycles. The molecule has 0 spiro atoms. The molecule has 0 amide bonds.